The molecule has 98 valence electrons. The second-order valence-electron chi connectivity index (χ2n) is 4.03. The molecule has 4 nitrogen and oxygen atoms in total. The Bertz CT molecular complexity index is 454. The molecule has 1 aromatic rings. The smallest absolute Gasteiger partial charge is 0.266 e. The molecule has 0 aliphatic carbocycles. The fraction of sp³-hybridized carbons (Fsp3) is 0.385. The van der Waals surface area contributed by atoms with E-state index >= 15 is 0 Å². The predicted octanol–water partition coefficient (Wildman–Crippen LogP) is 3.05. The molecular weight excluding hydrogens is 252 g/mol. The Morgan fingerprint density at radius 3 is 2.72 bits per heavy atom. The van der Waals surface area contributed by atoms with E-state index in [1.807, 2.05) is 32.9 Å². The molecular formula is C13H17ClN2O2. The van der Waals surface area contributed by atoms with Crippen LogP contribution in [0.2, 0.25) is 0 Å². The van der Waals surface area contributed by atoms with Gasteiger partial charge in [0.2, 0.25) is 0 Å². The minimum atomic E-state index is -0.331. The number of carbonyl (C=O) groups is 1. The number of benzene rings is 1. The fourth-order valence-corrected chi connectivity index (χ4v) is 1.73. The molecule has 0 fully saturated rings. The van der Waals surface area contributed by atoms with Gasteiger partial charge in [0.25, 0.3) is 5.91 Å². The maximum absolute atomic E-state index is 11.7. The van der Waals surface area contributed by atoms with E-state index in [9.17, 15) is 4.79 Å². The molecule has 1 N–H and O–H groups in total. The topological polar surface area (TPSA) is 50.7 Å². The molecule has 1 amide bonds. The van der Waals surface area contributed by atoms with Gasteiger partial charge in [-0.05, 0) is 31.9 Å². The summed E-state index contributed by atoms with van der Waals surface area (Å²) in [7, 11) is 0. The fourth-order valence-electron chi connectivity index (χ4n) is 1.63. The van der Waals surface area contributed by atoms with E-state index in [1.165, 1.54) is 0 Å². The van der Waals surface area contributed by atoms with Crippen LogP contribution in [-0.4, -0.2) is 11.6 Å². The minimum absolute atomic E-state index is 0.259. The van der Waals surface area contributed by atoms with Crippen molar-refractivity contribution < 1.29 is 9.63 Å². The summed E-state index contributed by atoms with van der Waals surface area (Å²) in [6.07, 6.45) is 0.816. The third kappa shape index (κ3) is 3.74. The number of aryl methyl sites for hydroxylation is 1. The van der Waals surface area contributed by atoms with Gasteiger partial charge in [0, 0.05) is 22.9 Å². The highest BCUT2D eigenvalue weighted by Gasteiger charge is 2.14. The Balaban J connectivity index is 3.04. The third-order valence-corrected chi connectivity index (χ3v) is 2.61. The van der Waals surface area contributed by atoms with Crippen molar-refractivity contribution >= 4 is 23.4 Å². The number of oxime groups is 1. The van der Waals surface area contributed by atoms with Gasteiger partial charge in [-0.2, -0.15) is 0 Å². The number of nitrogens with zero attached hydrogens (tertiary/aromatic N) is 1. The standard InChI is InChI=1S/C13H17ClN2O2/c1-4-10-6-5-7-11(13(17)15-14)12(10)8-18-16-9(2)3/h5-7H,4,8H2,1-3H3,(H,15,17). The first-order chi connectivity index (χ1) is 8.60. The number of rotatable bonds is 5. The van der Waals surface area contributed by atoms with Crippen LogP contribution in [-0.2, 0) is 17.9 Å². The van der Waals surface area contributed by atoms with E-state index in [0.717, 1.165) is 23.3 Å². The molecule has 0 saturated carbocycles. The minimum Gasteiger partial charge on any atom is -0.391 e. The quantitative estimate of drug-likeness (QED) is 0.507. The maximum Gasteiger partial charge on any atom is 0.266 e. The van der Waals surface area contributed by atoms with Gasteiger partial charge >= 0.3 is 0 Å². The summed E-state index contributed by atoms with van der Waals surface area (Å²) < 4.78 is 0. The number of halogens is 1. The predicted molar refractivity (Wildman–Crippen MR) is 72.7 cm³/mol. The van der Waals surface area contributed by atoms with Crippen molar-refractivity contribution in [1.82, 2.24) is 4.84 Å². The zero-order valence-electron chi connectivity index (χ0n) is 10.8. The molecule has 0 atom stereocenters. The molecule has 0 saturated heterocycles. The first kappa shape index (κ1) is 14.5. The Hall–Kier alpha value is -1.55. The Kier molecular flexibility index (Phi) is 5.65. The average Bonchev–Trinajstić information content (AvgIpc) is 2.37. The molecule has 5 heteroatoms. The number of hydrogen-bond donors (Lipinski definition) is 1. The van der Waals surface area contributed by atoms with Crippen molar-refractivity contribution in [2.24, 2.45) is 5.16 Å². The van der Waals surface area contributed by atoms with E-state index in [4.69, 9.17) is 16.6 Å². The van der Waals surface area contributed by atoms with Crippen LogP contribution in [0.1, 0.15) is 42.3 Å². The molecule has 0 aliphatic heterocycles. The molecule has 18 heavy (non-hydrogen) atoms. The van der Waals surface area contributed by atoms with Gasteiger partial charge in [-0.3, -0.25) is 9.63 Å². The molecule has 0 aromatic heterocycles. The zero-order chi connectivity index (χ0) is 13.5. The van der Waals surface area contributed by atoms with Crippen LogP contribution >= 0.6 is 11.8 Å². The number of nitrogens with one attached hydrogen (secondary N) is 1. The van der Waals surface area contributed by atoms with Gasteiger partial charge in [-0.1, -0.05) is 24.2 Å². The second-order valence-corrected chi connectivity index (χ2v) is 4.22. The van der Waals surface area contributed by atoms with Crippen molar-refractivity contribution in [2.45, 2.75) is 33.8 Å². The van der Waals surface area contributed by atoms with Crippen molar-refractivity contribution in [3.63, 3.8) is 0 Å². The van der Waals surface area contributed by atoms with Gasteiger partial charge in [0.15, 0.2) is 0 Å². The van der Waals surface area contributed by atoms with Gasteiger partial charge in [0.1, 0.15) is 6.61 Å². The van der Waals surface area contributed by atoms with Crippen LogP contribution in [0.4, 0.5) is 0 Å². The normalized spacial score (nSPS) is 9.78. The maximum atomic E-state index is 11.7. The second kappa shape index (κ2) is 7.01. The molecule has 0 spiro atoms. The van der Waals surface area contributed by atoms with Crippen LogP contribution in [0.25, 0.3) is 0 Å². The Morgan fingerprint density at radius 2 is 2.17 bits per heavy atom. The van der Waals surface area contributed by atoms with Crippen LogP contribution in [0.3, 0.4) is 0 Å². The van der Waals surface area contributed by atoms with E-state index in [1.54, 1.807) is 6.07 Å². The van der Waals surface area contributed by atoms with E-state index in [0.29, 0.717) is 5.56 Å². The largest absolute Gasteiger partial charge is 0.391 e. The van der Waals surface area contributed by atoms with Gasteiger partial charge in [-0.25, -0.2) is 0 Å². The van der Waals surface area contributed by atoms with Crippen LogP contribution < -0.4 is 4.84 Å². The van der Waals surface area contributed by atoms with Crippen molar-refractivity contribution in [1.29, 1.82) is 0 Å². The lowest BCUT2D eigenvalue weighted by atomic mass is 9.99. The summed E-state index contributed by atoms with van der Waals surface area (Å²) in [4.78, 5) is 19.0. The summed E-state index contributed by atoms with van der Waals surface area (Å²) in [6.45, 7) is 5.97. The third-order valence-electron chi connectivity index (χ3n) is 2.44. The number of carbonyl (C=O) groups excluding carboxylic acids is 1. The number of hydrogen-bond acceptors (Lipinski definition) is 3. The highest BCUT2D eigenvalue weighted by atomic mass is 35.5. The van der Waals surface area contributed by atoms with Crippen LogP contribution in [0.15, 0.2) is 23.4 Å². The first-order valence-corrected chi connectivity index (χ1v) is 6.12. The monoisotopic (exact) mass is 268 g/mol. The van der Waals surface area contributed by atoms with Gasteiger partial charge in [0.05, 0.1) is 5.71 Å². The summed E-state index contributed by atoms with van der Waals surface area (Å²) in [6, 6.07) is 5.52. The highest BCUT2D eigenvalue weighted by Crippen LogP contribution is 2.17. The first-order valence-electron chi connectivity index (χ1n) is 5.75. The van der Waals surface area contributed by atoms with E-state index in [2.05, 4.69) is 9.99 Å². The number of amides is 1. The van der Waals surface area contributed by atoms with Gasteiger partial charge in [-0.15, -0.1) is 0 Å². The summed E-state index contributed by atoms with van der Waals surface area (Å²) >= 11 is 5.37. The average molecular weight is 269 g/mol. The van der Waals surface area contributed by atoms with Crippen molar-refractivity contribution in [3.8, 4) is 0 Å². The molecule has 0 unspecified atom stereocenters. The summed E-state index contributed by atoms with van der Waals surface area (Å²) in [5, 5.41) is 3.87. The summed E-state index contributed by atoms with van der Waals surface area (Å²) in [5.41, 5.74) is 3.22. The zero-order valence-corrected chi connectivity index (χ0v) is 11.5. The molecule has 1 aromatic carbocycles. The molecule has 0 radical (unpaired) electrons. The lowest BCUT2D eigenvalue weighted by Gasteiger charge is -2.11. The van der Waals surface area contributed by atoms with E-state index in [-0.39, 0.29) is 12.5 Å². The molecule has 0 heterocycles. The highest BCUT2D eigenvalue weighted by molar-refractivity contribution is 6.24. The summed E-state index contributed by atoms with van der Waals surface area (Å²) in [5.74, 6) is -0.331. The van der Waals surface area contributed by atoms with Crippen LogP contribution in [0, 0.1) is 0 Å². The van der Waals surface area contributed by atoms with E-state index < -0.39 is 0 Å². The Morgan fingerprint density at radius 1 is 1.44 bits per heavy atom. The molecule has 0 aliphatic rings. The van der Waals surface area contributed by atoms with Crippen LogP contribution in [0.5, 0.6) is 0 Å². The SMILES string of the molecule is CCc1cccc(C(=O)NCl)c1CON=C(C)C. The molecule has 0 bridgehead atoms. The molecule has 1 rings (SSSR count). The lowest BCUT2D eigenvalue weighted by molar-refractivity contribution is 0.0970. The lowest BCUT2D eigenvalue weighted by Crippen LogP contribution is -2.16. The van der Waals surface area contributed by atoms with Crippen molar-refractivity contribution in [3.05, 3.63) is 34.9 Å². The van der Waals surface area contributed by atoms with Crippen molar-refractivity contribution in [2.75, 3.05) is 0 Å². The Labute approximate surface area is 112 Å². The van der Waals surface area contributed by atoms with Gasteiger partial charge < -0.3 is 4.84 Å².